The summed E-state index contributed by atoms with van der Waals surface area (Å²) in [6.07, 6.45) is 2.16. The lowest BCUT2D eigenvalue weighted by Gasteiger charge is -2.25. The molecule has 1 aromatic heterocycles. The van der Waals surface area contributed by atoms with E-state index in [0.717, 1.165) is 28.0 Å². The summed E-state index contributed by atoms with van der Waals surface area (Å²) in [7, 11) is 1.60. The maximum atomic E-state index is 13.9. The number of aliphatic carboxylic acids is 1. The molecule has 3 aromatic rings. The van der Waals surface area contributed by atoms with Crippen LogP contribution in [0.25, 0.3) is 10.9 Å². The highest BCUT2D eigenvalue weighted by atomic mass is 19.1. The van der Waals surface area contributed by atoms with Crippen LogP contribution in [0.5, 0.6) is 5.75 Å². The minimum Gasteiger partial charge on any atom is -0.497 e. The predicted molar refractivity (Wildman–Crippen MR) is 110 cm³/mol. The number of rotatable bonds is 6. The Morgan fingerprint density at radius 3 is 2.70 bits per heavy atom. The van der Waals surface area contributed by atoms with Crippen LogP contribution < -0.4 is 10.1 Å². The zero-order valence-electron chi connectivity index (χ0n) is 16.7. The third-order valence-corrected chi connectivity index (χ3v) is 5.61. The van der Waals surface area contributed by atoms with Crippen molar-refractivity contribution in [1.82, 2.24) is 9.88 Å². The largest absolute Gasteiger partial charge is 0.497 e. The van der Waals surface area contributed by atoms with E-state index in [1.54, 1.807) is 17.7 Å². The van der Waals surface area contributed by atoms with Gasteiger partial charge in [0.05, 0.1) is 13.5 Å². The maximum Gasteiger partial charge on any atom is 0.323 e. The Morgan fingerprint density at radius 1 is 1.23 bits per heavy atom. The highest BCUT2D eigenvalue weighted by Gasteiger charge is 2.27. The molecule has 0 radical (unpaired) electrons. The van der Waals surface area contributed by atoms with Gasteiger partial charge in [-0.1, -0.05) is 12.1 Å². The van der Waals surface area contributed by atoms with Crippen molar-refractivity contribution in [1.29, 1.82) is 0 Å². The van der Waals surface area contributed by atoms with Crippen LogP contribution in [0.3, 0.4) is 0 Å². The standard InChI is InChI=1S/C23H23FN2O4/c1-30-17-6-2-14(3-7-17)10-22(27)25-16-5-9-21-19(12-16)18-11-15(24)4-8-20(18)26(21)13-23(28)29/h2-4,6-8,11,16H,5,9-10,12-13H2,1H3,(H,25,27)(H,28,29)/t16-/m0/s1. The van der Waals surface area contributed by atoms with Crippen molar-refractivity contribution in [2.24, 2.45) is 0 Å². The molecule has 1 aliphatic carbocycles. The molecule has 1 aliphatic rings. The predicted octanol–water partition coefficient (Wildman–Crippen LogP) is 3.09. The van der Waals surface area contributed by atoms with Gasteiger partial charge in [-0.25, -0.2) is 4.39 Å². The average Bonchev–Trinajstić information content (AvgIpc) is 3.00. The van der Waals surface area contributed by atoms with E-state index in [1.165, 1.54) is 12.1 Å². The topological polar surface area (TPSA) is 80.6 Å². The Morgan fingerprint density at radius 2 is 2.00 bits per heavy atom. The van der Waals surface area contributed by atoms with Gasteiger partial charge in [-0.3, -0.25) is 9.59 Å². The van der Waals surface area contributed by atoms with E-state index in [9.17, 15) is 19.1 Å². The number of carbonyl (C=O) groups excluding carboxylic acids is 1. The first-order valence-corrected chi connectivity index (χ1v) is 9.88. The number of hydrogen-bond donors (Lipinski definition) is 2. The summed E-state index contributed by atoms with van der Waals surface area (Å²) >= 11 is 0. The minimum absolute atomic E-state index is 0.0737. The number of amides is 1. The Labute approximate surface area is 173 Å². The Bertz CT molecular complexity index is 1100. The van der Waals surface area contributed by atoms with Crippen LogP contribution in [-0.2, 0) is 35.4 Å². The number of nitrogens with zero attached hydrogens (tertiary/aromatic N) is 1. The molecule has 6 nitrogen and oxygen atoms in total. The van der Waals surface area contributed by atoms with Crippen molar-refractivity contribution < 1.29 is 23.8 Å². The number of carboxylic acids is 1. The molecule has 156 valence electrons. The molecule has 0 spiro atoms. The second-order valence-corrected chi connectivity index (χ2v) is 7.60. The number of methoxy groups -OCH3 is 1. The summed E-state index contributed by atoms with van der Waals surface area (Å²) in [5, 5.41) is 13.1. The van der Waals surface area contributed by atoms with Crippen LogP contribution in [0.4, 0.5) is 4.39 Å². The van der Waals surface area contributed by atoms with Crippen LogP contribution >= 0.6 is 0 Å². The third-order valence-electron chi connectivity index (χ3n) is 5.61. The molecule has 1 heterocycles. The molecule has 7 heteroatoms. The molecule has 2 N–H and O–H groups in total. The fourth-order valence-corrected chi connectivity index (χ4v) is 4.27. The van der Waals surface area contributed by atoms with Gasteiger partial charge < -0.3 is 19.7 Å². The molecule has 0 unspecified atom stereocenters. The van der Waals surface area contributed by atoms with E-state index < -0.39 is 5.97 Å². The van der Waals surface area contributed by atoms with E-state index in [2.05, 4.69) is 5.32 Å². The summed E-state index contributed by atoms with van der Waals surface area (Å²) in [5.41, 5.74) is 3.45. The van der Waals surface area contributed by atoms with Crippen LogP contribution in [0.1, 0.15) is 23.2 Å². The molecular formula is C23H23FN2O4. The highest BCUT2D eigenvalue weighted by molar-refractivity contribution is 5.87. The van der Waals surface area contributed by atoms with Crippen LogP contribution in [0.15, 0.2) is 42.5 Å². The zero-order valence-corrected chi connectivity index (χ0v) is 16.7. The number of benzene rings is 2. The Balaban J connectivity index is 1.52. The molecular weight excluding hydrogens is 387 g/mol. The van der Waals surface area contributed by atoms with Gasteiger partial charge in [0, 0.05) is 22.6 Å². The number of hydrogen-bond acceptors (Lipinski definition) is 3. The molecule has 1 atom stereocenters. The van der Waals surface area contributed by atoms with Crippen LogP contribution in [0.2, 0.25) is 0 Å². The van der Waals surface area contributed by atoms with Gasteiger partial charge in [0.2, 0.25) is 5.91 Å². The lowest BCUT2D eigenvalue weighted by Crippen LogP contribution is -2.39. The van der Waals surface area contributed by atoms with Crippen molar-refractivity contribution in [3.8, 4) is 5.75 Å². The van der Waals surface area contributed by atoms with Gasteiger partial charge in [0.1, 0.15) is 18.1 Å². The first-order valence-electron chi connectivity index (χ1n) is 9.88. The van der Waals surface area contributed by atoms with E-state index in [0.29, 0.717) is 24.8 Å². The number of nitrogens with one attached hydrogen (secondary N) is 1. The summed E-state index contributed by atoms with van der Waals surface area (Å²) in [5.74, 6) is -0.629. The highest BCUT2D eigenvalue weighted by Crippen LogP contribution is 2.33. The fraction of sp³-hybridized carbons (Fsp3) is 0.304. The van der Waals surface area contributed by atoms with E-state index in [-0.39, 0.29) is 30.7 Å². The van der Waals surface area contributed by atoms with Gasteiger partial charge in [-0.15, -0.1) is 0 Å². The van der Waals surface area contributed by atoms with Crippen molar-refractivity contribution in [2.75, 3.05) is 7.11 Å². The fourth-order valence-electron chi connectivity index (χ4n) is 4.27. The van der Waals surface area contributed by atoms with Crippen molar-refractivity contribution in [2.45, 2.75) is 38.3 Å². The second kappa shape index (κ2) is 8.18. The molecule has 4 rings (SSSR count). The Kier molecular flexibility index (Phi) is 5.44. The molecule has 0 saturated carbocycles. The molecule has 2 aromatic carbocycles. The molecule has 0 saturated heterocycles. The van der Waals surface area contributed by atoms with E-state index >= 15 is 0 Å². The minimum atomic E-state index is -0.936. The van der Waals surface area contributed by atoms with Gasteiger partial charge in [-0.2, -0.15) is 0 Å². The normalized spacial score (nSPS) is 15.6. The lowest BCUT2D eigenvalue weighted by molar-refractivity contribution is -0.137. The number of aromatic nitrogens is 1. The number of carboxylic acid groups (broad SMARTS) is 1. The van der Waals surface area contributed by atoms with Gasteiger partial charge >= 0.3 is 5.97 Å². The molecule has 0 fully saturated rings. The van der Waals surface area contributed by atoms with E-state index in [1.807, 2.05) is 24.3 Å². The summed E-state index contributed by atoms with van der Waals surface area (Å²) < 4.78 is 20.8. The quantitative estimate of drug-likeness (QED) is 0.655. The van der Waals surface area contributed by atoms with Crippen LogP contribution in [0, 0.1) is 5.82 Å². The summed E-state index contributed by atoms with van der Waals surface area (Å²) in [6, 6.07) is 11.7. The van der Waals surface area contributed by atoms with Crippen molar-refractivity contribution in [3.05, 3.63) is 65.1 Å². The smallest absolute Gasteiger partial charge is 0.323 e. The molecule has 30 heavy (non-hydrogen) atoms. The van der Waals surface area contributed by atoms with E-state index in [4.69, 9.17) is 4.74 Å². The van der Waals surface area contributed by atoms with Gasteiger partial charge in [-0.05, 0) is 60.7 Å². The lowest BCUT2D eigenvalue weighted by atomic mass is 9.91. The van der Waals surface area contributed by atoms with Crippen LogP contribution in [-0.4, -0.2) is 34.7 Å². The molecule has 1 amide bonds. The van der Waals surface area contributed by atoms with Gasteiger partial charge in [0.15, 0.2) is 0 Å². The first-order chi connectivity index (χ1) is 14.4. The average molecular weight is 410 g/mol. The number of ether oxygens (including phenoxy) is 1. The number of carbonyl (C=O) groups is 2. The molecule has 0 bridgehead atoms. The zero-order chi connectivity index (χ0) is 21.3. The number of fused-ring (bicyclic) bond motifs is 3. The maximum absolute atomic E-state index is 13.9. The number of halogens is 1. The van der Waals surface area contributed by atoms with Crippen molar-refractivity contribution in [3.63, 3.8) is 0 Å². The second-order valence-electron chi connectivity index (χ2n) is 7.60. The third kappa shape index (κ3) is 4.01. The van der Waals surface area contributed by atoms with Crippen molar-refractivity contribution >= 4 is 22.8 Å². The Hall–Kier alpha value is -3.35. The van der Waals surface area contributed by atoms with Gasteiger partial charge in [0.25, 0.3) is 0 Å². The SMILES string of the molecule is COc1ccc(CC(=O)N[C@H]2CCc3c(c4cc(F)ccc4n3CC(=O)O)C2)cc1. The first kappa shape index (κ1) is 19.9. The summed E-state index contributed by atoms with van der Waals surface area (Å²) in [4.78, 5) is 23.9. The molecule has 0 aliphatic heterocycles. The summed E-state index contributed by atoms with van der Waals surface area (Å²) in [6.45, 7) is -0.161. The monoisotopic (exact) mass is 410 g/mol.